The molecule has 0 heterocycles. The van der Waals surface area contributed by atoms with Crippen molar-refractivity contribution in [2.24, 2.45) is 9.98 Å². The molecule has 26 heavy (non-hydrogen) atoms. The summed E-state index contributed by atoms with van der Waals surface area (Å²) in [5.74, 6) is 0. The van der Waals surface area contributed by atoms with Crippen LogP contribution in [-0.4, -0.2) is 11.4 Å². The first-order chi connectivity index (χ1) is 12.7. The molecule has 0 aliphatic heterocycles. The van der Waals surface area contributed by atoms with Gasteiger partial charge in [-0.3, -0.25) is 0 Å². The predicted octanol–water partition coefficient (Wildman–Crippen LogP) is 6.71. The largest absolute Gasteiger partial charge is 0.248 e. The minimum Gasteiger partial charge on any atom is -0.248 e. The first kappa shape index (κ1) is 17.6. The van der Waals surface area contributed by atoms with Crippen molar-refractivity contribution >= 4 is 68.0 Å². The Hall–Kier alpha value is -1.80. The third-order valence-electron chi connectivity index (χ3n) is 4.03. The van der Waals surface area contributed by atoms with Crippen LogP contribution in [0.5, 0.6) is 0 Å². The van der Waals surface area contributed by atoms with Crippen molar-refractivity contribution in [3.05, 3.63) is 103 Å². The summed E-state index contributed by atoms with van der Waals surface area (Å²) in [6, 6.07) is 24.8. The molecule has 0 saturated carbocycles. The summed E-state index contributed by atoms with van der Waals surface area (Å²) in [7, 11) is 0. The maximum Gasteiger partial charge on any atom is 0.0716 e. The lowest BCUT2D eigenvalue weighted by molar-refractivity contribution is 1.45. The summed E-state index contributed by atoms with van der Waals surface area (Å²) in [6.45, 7) is 0. The quantitative estimate of drug-likeness (QED) is 0.312. The molecule has 0 unspecified atom stereocenters. The second-order valence-corrected chi connectivity index (χ2v) is 8.32. The molecule has 0 saturated heterocycles. The number of aliphatic imine (C=N–C) groups is 2. The van der Waals surface area contributed by atoms with Gasteiger partial charge in [0.05, 0.1) is 22.8 Å². The zero-order valence-electron chi connectivity index (χ0n) is 13.7. The van der Waals surface area contributed by atoms with E-state index in [-0.39, 0.29) is 0 Å². The highest BCUT2D eigenvalue weighted by Gasteiger charge is 2.15. The molecular weight excluding hydrogens is 546 g/mol. The highest BCUT2D eigenvalue weighted by molar-refractivity contribution is 14.1. The van der Waals surface area contributed by atoms with E-state index in [0.29, 0.717) is 0 Å². The van der Waals surface area contributed by atoms with Crippen molar-refractivity contribution in [2.75, 3.05) is 0 Å². The molecule has 1 aliphatic carbocycles. The second kappa shape index (κ2) is 7.84. The van der Waals surface area contributed by atoms with E-state index in [1.165, 1.54) is 7.14 Å². The number of allylic oxidation sites excluding steroid dienone is 2. The van der Waals surface area contributed by atoms with E-state index in [9.17, 15) is 0 Å². The minimum absolute atomic E-state index is 0.956. The van der Waals surface area contributed by atoms with E-state index in [0.717, 1.165) is 33.9 Å². The molecule has 3 aromatic rings. The van der Waals surface area contributed by atoms with Gasteiger partial charge in [0.15, 0.2) is 0 Å². The summed E-state index contributed by atoms with van der Waals surface area (Å²) in [5.41, 5.74) is 6.05. The molecule has 2 nitrogen and oxygen atoms in total. The predicted molar refractivity (Wildman–Crippen MR) is 126 cm³/mol. The average molecular weight is 560 g/mol. The number of nitrogens with zero attached hydrogens (tertiary/aromatic N) is 2. The van der Waals surface area contributed by atoms with Crippen LogP contribution >= 0.6 is 45.2 Å². The Morgan fingerprint density at radius 2 is 0.885 bits per heavy atom. The smallest absolute Gasteiger partial charge is 0.0716 e. The van der Waals surface area contributed by atoms with Gasteiger partial charge >= 0.3 is 0 Å². The van der Waals surface area contributed by atoms with Crippen molar-refractivity contribution < 1.29 is 0 Å². The van der Waals surface area contributed by atoms with Gasteiger partial charge in [0.1, 0.15) is 0 Å². The first-order valence-corrected chi connectivity index (χ1v) is 10.3. The monoisotopic (exact) mass is 560 g/mol. The van der Waals surface area contributed by atoms with Crippen molar-refractivity contribution in [1.29, 1.82) is 0 Å². The van der Waals surface area contributed by atoms with Crippen LogP contribution in [0.4, 0.5) is 11.4 Å². The summed E-state index contributed by atoms with van der Waals surface area (Å²) < 4.78 is 2.41. The SMILES string of the molecule is Ic1ccc(N=C2C=CC(=Nc3ccc(I)cc3)c3ccccc32)cc1. The molecule has 4 heteroatoms. The lowest BCUT2D eigenvalue weighted by Crippen LogP contribution is -2.12. The van der Waals surface area contributed by atoms with Crippen LogP contribution in [0.25, 0.3) is 0 Å². The Bertz CT molecular complexity index is 946. The Morgan fingerprint density at radius 3 is 1.27 bits per heavy atom. The molecular formula is C22H14I2N2. The highest BCUT2D eigenvalue weighted by Crippen LogP contribution is 2.24. The molecule has 0 atom stereocenters. The van der Waals surface area contributed by atoms with E-state index in [4.69, 9.17) is 9.98 Å². The molecule has 0 amide bonds. The van der Waals surface area contributed by atoms with Crippen molar-refractivity contribution in [1.82, 2.24) is 0 Å². The lowest BCUT2D eigenvalue weighted by Gasteiger charge is -2.15. The average Bonchev–Trinajstić information content (AvgIpc) is 2.67. The normalized spacial score (nSPS) is 16.1. The fraction of sp³-hybridized carbons (Fsp3) is 0. The molecule has 3 aromatic carbocycles. The maximum absolute atomic E-state index is 4.82. The van der Waals surface area contributed by atoms with E-state index in [1.54, 1.807) is 0 Å². The molecule has 0 bridgehead atoms. The number of hydrogen-bond acceptors (Lipinski definition) is 2. The third kappa shape index (κ3) is 3.96. The van der Waals surface area contributed by atoms with E-state index in [1.807, 2.05) is 48.6 Å². The zero-order valence-corrected chi connectivity index (χ0v) is 18.0. The van der Waals surface area contributed by atoms with E-state index < -0.39 is 0 Å². The summed E-state index contributed by atoms with van der Waals surface area (Å²) in [5, 5.41) is 0. The fourth-order valence-corrected chi connectivity index (χ4v) is 3.49. The van der Waals surface area contributed by atoms with E-state index in [2.05, 4.69) is 81.6 Å². The van der Waals surface area contributed by atoms with Crippen molar-refractivity contribution in [2.45, 2.75) is 0 Å². The lowest BCUT2D eigenvalue weighted by atomic mass is 9.93. The molecule has 0 fully saturated rings. The Morgan fingerprint density at radius 1 is 0.500 bits per heavy atom. The van der Waals surface area contributed by atoms with Gasteiger partial charge in [-0.1, -0.05) is 24.3 Å². The minimum atomic E-state index is 0.956. The van der Waals surface area contributed by atoms with Gasteiger partial charge in [0, 0.05) is 18.3 Å². The molecule has 0 radical (unpaired) electrons. The van der Waals surface area contributed by atoms with Crippen LogP contribution in [-0.2, 0) is 0 Å². The molecule has 0 N–H and O–H groups in total. The topological polar surface area (TPSA) is 24.7 Å². The zero-order chi connectivity index (χ0) is 17.9. The molecule has 126 valence electrons. The summed E-state index contributed by atoms with van der Waals surface area (Å²) in [4.78, 5) is 9.65. The first-order valence-electron chi connectivity index (χ1n) is 8.15. The number of hydrogen-bond donors (Lipinski definition) is 0. The van der Waals surface area contributed by atoms with Crippen LogP contribution in [0.2, 0.25) is 0 Å². The number of halogens is 2. The molecule has 0 aromatic heterocycles. The molecule has 0 spiro atoms. The van der Waals surface area contributed by atoms with Gasteiger partial charge in [-0.25, -0.2) is 9.98 Å². The number of benzene rings is 3. The number of rotatable bonds is 2. The standard InChI is InChI=1S/C22H14I2N2/c23-15-5-9-17(10-6-15)25-21-13-14-22(20-4-2-1-3-19(20)21)26-18-11-7-16(24)8-12-18/h1-14H. The fourth-order valence-electron chi connectivity index (χ4n) is 2.77. The van der Waals surface area contributed by atoms with Gasteiger partial charge in [-0.15, -0.1) is 0 Å². The summed E-state index contributed by atoms with van der Waals surface area (Å²) in [6.07, 6.45) is 4.09. The van der Waals surface area contributed by atoms with Crippen LogP contribution < -0.4 is 0 Å². The van der Waals surface area contributed by atoms with Crippen LogP contribution in [0.15, 0.2) is 94.9 Å². The van der Waals surface area contributed by atoms with Crippen molar-refractivity contribution in [3.63, 3.8) is 0 Å². The van der Waals surface area contributed by atoms with Crippen LogP contribution in [0.1, 0.15) is 11.1 Å². The molecule has 4 rings (SSSR count). The Labute approximate surface area is 180 Å². The number of fused-ring (bicyclic) bond motifs is 1. The van der Waals surface area contributed by atoms with Gasteiger partial charge in [-0.05, 0) is 106 Å². The highest BCUT2D eigenvalue weighted by atomic mass is 127. The van der Waals surface area contributed by atoms with Gasteiger partial charge in [-0.2, -0.15) is 0 Å². The van der Waals surface area contributed by atoms with Gasteiger partial charge in [0.25, 0.3) is 0 Å². The van der Waals surface area contributed by atoms with Crippen LogP contribution in [0, 0.1) is 7.14 Å². The Kier molecular flexibility index (Phi) is 5.31. The van der Waals surface area contributed by atoms with Gasteiger partial charge in [0.2, 0.25) is 0 Å². The van der Waals surface area contributed by atoms with Gasteiger partial charge < -0.3 is 0 Å². The maximum atomic E-state index is 4.82. The summed E-state index contributed by atoms with van der Waals surface area (Å²) >= 11 is 4.61. The second-order valence-electron chi connectivity index (χ2n) is 5.83. The van der Waals surface area contributed by atoms with Crippen molar-refractivity contribution in [3.8, 4) is 0 Å². The third-order valence-corrected chi connectivity index (χ3v) is 5.47. The van der Waals surface area contributed by atoms with E-state index >= 15 is 0 Å². The molecule has 1 aliphatic rings. The van der Waals surface area contributed by atoms with Crippen LogP contribution in [0.3, 0.4) is 0 Å². The Balaban J connectivity index is 1.76.